The van der Waals surface area contributed by atoms with Crippen LogP contribution in [0.3, 0.4) is 0 Å². The van der Waals surface area contributed by atoms with Crippen molar-refractivity contribution in [3.63, 3.8) is 0 Å². The zero-order chi connectivity index (χ0) is 13.8. The molecular weight excluding hydrogens is 254 g/mol. The Morgan fingerprint density at radius 3 is 2.63 bits per heavy atom. The fourth-order valence-electron chi connectivity index (χ4n) is 2.50. The number of rotatable bonds is 5. The molecule has 1 saturated heterocycles. The molecule has 0 atom stereocenters. The first-order valence-electron chi connectivity index (χ1n) is 7.57. The van der Waals surface area contributed by atoms with Gasteiger partial charge in [-0.3, -0.25) is 0 Å². The molecule has 0 spiro atoms. The summed E-state index contributed by atoms with van der Waals surface area (Å²) in [5.41, 5.74) is 1.29. The van der Waals surface area contributed by atoms with Crippen LogP contribution in [0, 0.1) is 5.92 Å². The van der Waals surface area contributed by atoms with Gasteiger partial charge in [0.05, 0.1) is 5.69 Å². The van der Waals surface area contributed by atoms with Gasteiger partial charge in [0.15, 0.2) is 5.13 Å². The second kappa shape index (κ2) is 6.71. The van der Waals surface area contributed by atoms with E-state index in [0.717, 1.165) is 19.0 Å². The van der Waals surface area contributed by atoms with Gasteiger partial charge in [0, 0.05) is 24.5 Å². The molecule has 1 aromatic rings. The highest BCUT2D eigenvalue weighted by Gasteiger charge is 2.21. The molecule has 0 amide bonds. The van der Waals surface area contributed by atoms with Crippen molar-refractivity contribution in [3.8, 4) is 0 Å². The third-order valence-electron chi connectivity index (χ3n) is 3.85. The van der Waals surface area contributed by atoms with E-state index in [1.54, 1.807) is 0 Å². The lowest BCUT2D eigenvalue weighted by atomic mass is 10.00. The van der Waals surface area contributed by atoms with Gasteiger partial charge in [0.1, 0.15) is 0 Å². The molecule has 1 N–H and O–H groups in total. The van der Waals surface area contributed by atoms with Crippen molar-refractivity contribution in [2.24, 2.45) is 5.92 Å². The van der Waals surface area contributed by atoms with Crippen LogP contribution in [-0.2, 0) is 6.54 Å². The van der Waals surface area contributed by atoms with Crippen LogP contribution in [0.4, 0.5) is 5.13 Å². The molecule has 2 heterocycles. The minimum Gasteiger partial charge on any atom is -0.348 e. The molecule has 19 heavy (non-hydrogen) atoms. The maximum absolute atomic E-state index is 4.92. The third-order valence-corrected chi connectivity index (χ3v) is 4.98. The molecule has 0 aliphatic carbocycles. The van der Waals surface area contributed by atoms with Gasteiger partial charge in [-0.1, -0.05) is 27.7 Å². The lowest BCUT2D eigenvalue weighted by Crippen LogP contribution is -2.32. The number of nitrogens with one attached hydrogen (secondary N) is 1. The van der Waals surface area contributed by atoms with Gasteiger partial charge >= 0.3 is 0 Å². The van der Waals surface area contributed by atoms with Crippen molar-refractivity contribution in [2.45, 2.75) is 53.0 Å². The average molecular weight is 281 g/mol. The lowest BCUT2D eigenvalue weighted by Gasteiger charge is -2.29. The van der Waals surface area contributed by atoms with E-state index in [9.17, 15) is 0 Å². The van der Waals surface area contributed by atoms with Crippen LogP contribution >= 0.6 is 11.3 Å². The SMILES string of the molecule is CCNCc1sc(N2CCC(C)CC2)nc1C(C)C. The van der Waals surface area contributed by atoms with Gasteiger partial charge in [0.2, 0.25) is 0 Å². The van der Waals surface area contributed by atoms with Gasteiger partial charge < -0.3 is 10.2 Å². The Hall–Kier alpha value is -0.610. The van der Waals surface area contributed by atoms with Crippen LogP contribution in [0.5, 0.6) is 0 Å². The summed E-state index contributed by atoms with van der Waals surface area (Å²) in [6.45, 7) is 13.3. The zero-order valence-corrected chi connectivity index (χ0v) is 13.5. The Morgan fingerprint density at radius 2 is 2.05 bits per heavy atom. The molecule has 0 saturated carbocycles. The van der Waals surface area contributed by atoms with Crippen molar-refractivity contribution in [1.82, 2.24) is 10.3 Å². The van der Waals surface area contributed by atoms with Gasteiger partial charge in [-0.05, 0) is 31.2 Å². The number of nitrogens with zero attached hydrogens (tertiary/aromatic N) is 2. The topological polar surface area (TPSA) is 28.2 Å². The molecule has 2 rings (SSSR count). The Balaban J connectivity index is 2.12. The normalized spacial score (nSPS) is 17.4. The van der Waals surface area contributed by atoms with Gasteiger partial charge in [-0.25, -0.2) is 4.98 Å². The Morgan fingerprint density at radius 1 is 1.37 bits per heavy atom. The minimum absolute atomic E-state index is 0.516. The average Bonchev–Trinajstić information content (AvgIpc) is 2.81. The first-order chi connectivity index (χ1) is 9.11. The maximum Gasteiger partial charge on any atom is 0.185 e. The molecule has 3 nitrogen and oxygen atoms in total. The molecule has 1 aliphatic heterocycles. The summed E-state index contributed by atoms with van der Waals surface area (Å²) in [6.07, 6.45) is 2.61. The summed E-state index contributed by atoms with van der Waals surface area (Å²) in [5.74, 6) is 1.39. The largest absolute Gasteiger partial charge is 0.348 e. The van der Waals surface area contributed by atoms with Crippen LogP contribution in [0.15, 0.2) is 0 Å². The lowest BCUT2D eigenvalue weighted by molar-refractivity contribution is 0.438. The monoisotopic (exact) mass is 281 g/mol. The predicted octanol–water partition coefficient (Wildman–Crippen LogP) is 3.61. The Labute approximate surface area is 121 Å². The van der Waals surface area contributed by atoms with E-state index in [2.05, 4.69) is 37.9 Å². The van der Waals surface area contributed by atoms with Crippen molar-refractivity contribution in [1.29, 1.82) is 0 Å². The number of thiazole rings is 1. The molecule has 1 aromatic heterocycles. The van der Waals surface area contributed by atoms with Crippen LogP contribution in [0.2, 0.25) is 0 Å². The van der Waals surface area contributed by atoms with E-state index in [-0.39, 0.29) is 0 Å². The number of anilines is 1. The van der Waals surface area contributed by atoms with Gasteiger partial charge in [-0.15, -0.1) is 11.3 Å². The molecule has 0 bridgehead atoms. The first kappa shape index (κ1) is 14.8. The van der Waals surface area contributed by atoms with E-state index in [0.29, 0.717) is 5.92 Å². The molecule has 1 fully saturated rings. The van der Waals surface area contributed by atoms with Crippen LogP contribution in [0.1, 0.15) is 57.0 Å². The quantitative estimate of drug-likeness (QED) is 0.893. The summed E-state index contributed by atoms with van der Waals surface area (Å²) in [7, 11) is 0. The third kappa shape index (κ3) is 3.69. The molecule has 0 unspecified atom stereocenters. The van der Waals surface area contributed by atoms with Gasteiger partial charge in [-0.2, -0.15) is 0 Å². The predicted molar refractivity (Wildman–Crippen MR) is 84.2 cm³/mol. The Bertz CT molecular complexity index is 392. The second-order valence-electron chi connectivity index (χ2n) is 5.91. The molecule has 0 aromatic carbocycles. The van der Waals surface area contributed by atoms with Crippen molar-refractivity contribution < 1.29 is 0 Å². The number of aromatic nitrogens is 1. The fourth-order valence-corrected chi connectivity index (χ4v) is 3.74. The van der Waals surface area contributed by atoms with E-state index < -0.39 is 0 Å². The zero-order valence-electron chi connectivity index (χ0n) is 12.7. The smallest absolute Gasteiger partial charge is 0.185 e. The molecular formula is C15H27N3S. The molecule has 108 valence electrons. The summed E-state index contributed by atoms with van der Waals surface area (Å²) in [6, 6.07) is 0. The molecule has 4 heteroatoms. The highest BCUT2D eigenvalue weighted by Crippen LogP contribution is 2.32. The van der Waals surface area contributed by atoms with Crippen LogP contribution in [0.25, 0.3) is 0 Å². The van der Waals surface area contributed by atoms with Crippen molar-refractivity contribution in [3.05, 3.63) is 10.6 Å². The van der Waals surface area contributed by atoms with Gasteiger partial charge in [0.25, 0.3) is 0 Å². The van der Waals surface area contributed by atoms with E-state index in [1.807, 2.05) is 11.3 Å². The van der Waals surface area contributed by atoms with Crippen LogP contribution < -0.4 is 10.2 Å². The summed E-state index contributed by atoms with van der Waals surface area (Å²) >= 11 is 1.89. The summed E-state index contributed by atoms with van der Waals surface area (Å²) < 4.78 is 0. The van der Waals surface area contributed by atoms with E-state index in [4.69, 9.17) is 4.98 Å². The highest BCUT2D eigenvalue weighted by molar-refractivity contribution is 7.15. The maximum atomic E-state index is 4.92. The van der Waals surface area contributed by atoms with E-state index in [1.165, 1.54) is 41.6 Å². The Kier molecular flexibility index (Phi) is 5.22. The second-order valence-corrected chi connectivity index (χ2v) is 6.97. The minimum atomic E-state index is 0.516. The van der Waals surface area contributed by atoms with Crippen molar-refractivity contribution >= 4 is 16.5 Å². The van der Waals surface area contributed by atoms with Crippen LogP contribution in [-0.4, -0.2) is 24.6 Å². The molecule has 1 aliphatic rings. The number of piperidine rings is 1. The first-order valence-corrected chi connectivity index (χ1v) is 8.38. The standard InChI is InChI=1S/C15H27N3S/c1-5-16-10-13-14(11(2)3)17-15(19-13)18-8-6-12(4)7-9-18/h11-12,16H,5-10H2,1-4H3. The van der Waals surface area contributed by atoms with E-state index >= 15 is 0 Å². The molecule has 0 radical (unpaired) electrons. The highest BCUT2D eigenvalue weighted by atomic mass is 32.1. The number of hydrogen-bond donors (Lipinski definition) is 1. The number of hydrogen-bond acceptors (Lipinski definition) is 4. The summed E-state index contributed by atoms with van der Waals surface area (Å²) in [5, 5.41) is 4.67. The fraction of sp³-hybridized carbons (Fsp3) is 0.800. The van der Waals surface area contributed by atoms with Crippen molar-refractivity contribution in [2.75, 3.05) is 24.5 Å². The summed E-state index contributed by atoms with van der Waals surface area (Å²) in [4.78, 5) is 8.82.